The molecule has 0 aromatic rings. The molecule has 0 aromatic heterocycles. The molecule has 0 radical (unpaired) electrons. The Balaban J connectivity index is 8.40. The van der Waals surface area contributed by atoms with Gasteiger partial charge in [0, 0.05) is 95.8 Å². The van der Waals surface area contributed by atoms with Crippen molar-refractivity contribution in [2.75, 3.05) is 134 Å². The molecular weight excluding hydrogens is 1380 g/mol. The second kappa shape index (κ2) is 40.6. The molecule has 0 aliphatic rings. The summed E-state index contributed by atoms with van der Waals surface area (Å²) < 4.78 is 137. The molecule has 0 amide bonds. The minimum absolute atomic E-state index is 0.0000974. The predicted molar refractivity (Wildman–Crippen MR) is 314 cm³/mol. The number of hydrogen-bond acceptors (Lipinski definition) is 21. The highest BCUT2D eigenvalue weighted by atomic mass is 35.5. The van der Waals surface area contributed by atoms with Gasteiger partial charge in [0.1, 0.15) is 0 Å². The second-order valence-electron chi connectivity index (χ2n) is 14.5. The van der Waals surface area contributed by atoms with Crippen LogP contribution in [0.25, 0.3) is 0 Å². The van der Waals surface area contributed by atoms with Crippen molar-refractivity contribution in [1.29, 1.82) is 0 Å². The van der Waals surface area contributed by atoms with Gasteiger partial charge in [0.25, 0.3) is 0 Å². The minimum atomic E-state index is -4.96. The zero-order valence-corrected chi connectivity index (χ0v) is 62.5. The van der Waals surface area contributed by atoms with Gasteiger partial charge in [-0.05, 0) is 83.1 Å². The van der Waals surface area contributed by atoms with E-state index in [4.69, 9.17) is 206 Å². The van der Waals surface area contributed by atoms with Gasteiger partial charge < -0.3 is 90.1 Å². The van der Waals surface area contributed by atoms with Crippen molar-refractivity contribution in [3.8, 4) is 0 Å². The van der Waals surface area contributed by atoms with Gasteiger partial charge in [0.15, 0.2) is 0 Å². The Morgan fingerprint density at radius 3 is 0.640 bits per heavy atom. The largest absolute Gasteiger partial charge is 0.673 e. The third-order valence-electron chi connectivity index (χ3n) is 8.78. The number of halogens is 10. The van der Waals surface area contributed by atoms with E-state index in [0.29, 0.717) is 0 Å². The quantitative estimate of drug-likeness (QED) is 0.0414. The lowest BCUT2D eigenvalue weighted by molar-refractivity contribution is -0.0866. The van der Waals surface area contributed by atoms with Gasteiger partial charge in [-0.3, -0.25) is 0 Å². The molecule has 0 aromatic carbocycles. The summed E-state index contributed by atoms with van der Waals surface area (Å²) in [6.45, 7) is 20.2. The summed E-state index contributed by atoms with van der Waals surface area (Å²) in [5.41, 5.74) is -2.31. The van der Waals surface area contributed by atoms with E-state index in [-0.39, 0.29) is 129 Å². The van der Waals surface area contributed by atoms with Crippen molar-refractivity contribution < 1.29 is 90.1 Å². The SMILES string of the molecule is CCO[Si](CCl)(O[Si](CCl)(CCl)O[Si](CCl)(CCl)O[Si](CCl)(CCl)O[Si](CCl)(CCl)CCl)O[Si](OCC)(OCC)O[Si](OCC)(OCC)O[Si](OCC)(OCC)O[Si](OCC)(OCC)O[Si](OCC)(OCC)OCC. The van der Waals surface area contributed by atoms with Crippen molar-refractivity contribution in [2.45, 2.75) is 83.1 Å². The summed E-state index contributed by atoms with van der Waals surface area (Å²) >= 11 is 66.6. The van der Waals surface area contributed by atoms with E-state index in [0.717, 1.165) is 0 Å². The van der Waals surface area contributed by atoms with Gasteiger partial charge in [0.05, 0.1) is 38.5 Å². The first-order valence-corrected chi connectivity index (χ1v) is 48.9. The van der Waals surface area contributed by atoms with Crippen LogP contribution in [0.4, 0.5) is 0 Å². The van der Waals surface area contributed by atoms with Crippen molar-refractivity contribution in [2.24, 2.45) is 0 Å². The van der Waals surface area contributed by atoms with E-state index in [1.165, 1.54) is 0 Å². The lowest BCUT2D eigenvalue weighted by Gasteiger charge is -2.46. The summed E-state index contributed by atoms with van der Waals surface area (Å²) in [6, 6.07) is 0. The van der Waals surface area contributed by atoms with Crippen LogP contribution in [0.5, 0.6) is 0 Å². The topological polar surface area (TPSA) is 194 Å². The lowest BCUT2D eigenvalue weighted by atomic mass is 10.9. The molecule has 0 spiro atoms. The van der Waals surface area contributed by atoms with Crippen LogP contribution in [0.2, 0.25) is 0 Å². The van der Waals surface area contributed by atoms with Crippen molar-refractivity contribution in [3.05, 3.63) is 0 Å². The molecule has 0 N–H and O–H groups in total. The zero-order valence-electron chi connectivity index (χ0n) is 44.9. The van der Waals surface area contributed by atoms with E-state index in [1.807, 2.05) is 0 Å². The molecule has 0 fully saturated rings. The predicted octanol–water partition coefficient (Wildman–Crippen LogP) is 8.74. The third kappa shape index (κ3) is 24.5. The Morgan fingerprint density at radius 1 is 0.200 bits per heavy atom. The first-order valence-electron chi connectivity index (χ1n) is 24.3. The van der Waals surface area contributed by atoms with Crippen LogP contribution < -0.4 is 0 Å². The first-order chi connectivity index (χ1) is 35.7. The van der Waals surface area contributed by atoms with Gasteiger partial charge in [0.2, 0.25) is 8.32 Å². The number of alkyl halides is 10. The Morgan fingerprint density at radius 2 is 0.413 bits per heavy atom. The summed E-state index contributed by atoms with van der Waals surface area (Å²) in [6.07, 6.45) is 0. The van der Waals surface area contributed by atoms with E-state index in [1.54, 1.807) is 83.1 Å². The molecule has 1 atom stereocenters. The maximum absolute atomic E-state index is 6.96. The Hall–Kier alpha value is 4.23. The second-order valence-corrected chi connectivity index (χ2v) is 50.2. The van der Waals surface area contributed by atoms with Crippen LogP contribution >= 0.6 is 116 Å². The van der Waals surface area contributed by atoms with E-state index >= 15 is 0 Å². The maximum Gasteiger partial charge on any atom is 0.673 e. The smallest absolute Gasteiger partial charge is 0.432 e. The molecule has 0 aliphatic carbocycles. The number of hydrogen-bond donors (Lipinski definition) is 0. The highest BCUT2D eigenvalue weighted by Gasteiger charge is 2.73. The minimum Gasteiger partial charge on any atom is -0.432 e. The molecule has 0 saturated heterocycles. The molecule has 41 heteroatoms. The summed E-state index contributed by atoms with van der Waals surface area (Å²) in [5, 5.41) is 0. The Kier molecular flexibility index (Phi) is 42.9. The van der Waals surface area contributed by atoms with Crippen LogP contribution in [0.3, 0.4) is 0 Å². The van der Waals surface area contributed by atoms with Crippen LogP contribution in [0.15, 0.2) is 0 Å². The molecule has 0 bridgehead atoms. The van der Waals surface area contributed by atoms with Crippen LogP contribution in [-0.2, 0) is 90.1 Å². The Bertz CT molecular complexity index is 1430. The zero-order chi connectivity index (χ0) is 57.4. The van der Waals surface area contributed by atoms with Crippen molar-refractivity contribution in [3.63, 3.8) is 0 Å². The fourth-order valence-electron chi connectivity index (χ4n) is 6.12. The van der Waals surface area contributed by atoms with Crippen molar-refractivity contribution in [1.82, 2.24) is 0 Å². The van der Waals surface area contributed by atoms with Crippen LogP contribution in [0, 0.1) is 0 Å². The van der Waals surface area contributed by atoms with Gasteiger partial charge >= 0.3 is 79.7 Å². The molecule has 21 nitrogen and oxygen atoms in total. The number of rotatable bonds is 52. The van der Waals surface area contributed by atoms with E-state index in [9.17, 15) is 0 Å². The van der Waals surface area contributed by atoms with Crippen molar-refractivity contribution >= 4 is 204 Å². The van der Waals surface area contributed by atoms with Crippen LogP contribution in [-0.4, -0.2) is 222 Å². The van der Waals surface area contributed by atoms with Crippen LogP contribution in [0.1, 0.15) is 83.1 Å². The molecule has 1 unspecified atom stereocenters. The first kappa shape index (κ1) is 79.2. The van der Waals surface area contributed by atoms with E-state index in [2.05, 4.69) is 0 Å². The monoisotopic (exact) mass is 1450 g/mol. The summed E-state index contributed by atoms with van der Waals surface area (Å²) in [5.74, 6) is 0. The molecular formula is C34H80Cl10O21Si10. The van der Waals surface area contributed by atoms with Gasteiger partial charge in [-0.15, -0.1) is 116 Å². The average Bonchev–Trinajstić information content (AvgIpc) is 3.38. The molecule has 75 heavy (non-hydrogen) atoms. The Labute approximate surface area is 507 Å². The van der Waals surface area contributed by atoms with Gasteiger partial charge in [-0.2, -0.15) is 0 Å². The molecule has 0 heterocycles. The summed E-state index contributed by atoms with van der Waals surface area (Å²) in [7, 11) is -43.2. The fourth-order valence-corrected chi connectivity index (χ4v) is 55.5. The molecule has 0 rings (SSSR count). The molecule has 452 valence electrons. The van der Waals surface area contributed by atoms with Gasteiger partial charge in [-0.1, -0.05) is 0 Å². The summed E-state index contributed by atoms with van der Waals surface area (Å²) in [4.78, 5) is 0. The average molecular weight is 1460 g/mol. The fraction of sp³-hybridized carbons (Fsp3) is 1.00. The maximum atomic E-state index is 6.96. The molecule has 0 aliphatic heterocycles. The highest BCUT2D eigenvalue weighted by Crippen LogP contribution is 2.37. The lowest BCUT2D eigenvalue weighted by Crippen LogP contribution is -2.74. The molecule has 0 saturated carbocycles. The van der Waals surface area contributed by atoms with E-state index < -0.39 is 93.5 Å². The highest BCUT2D eigenvalue weighted by molar-refractivity contribution is 7.02. The third-order valence-corrected chi connectivity index (χ3v) is 55.6. The standard InChI is InChI=1S/C34H80Cl10O21Si10/c1-13-45-70(34-44,60-69(32-42,33-43)59-68(30-40,31-41)58-67(28-38,29-39)57-66(25-35,26-36)27-37)61-72(49-17-5,50-18-6)63-74(53-21-9,54-22-10)65-75(55-23-11,56-24-12)64-73(51-19-7,52-20-8)62-71(46-14-2,47-15-3)48-16-4/h13-34H2,1-12H3. The normalized spacial score (nSPS) is 14.8. The van der Waals surface area contributed by atoms with Gasteiger partial charge in [-0.25, -0.2) is 0 Å².